The quantitative estimate of drug-likeness (QED) is 0.870. The fourth-order valence-electron chi connectivity index (χ4n) is 2.16. The van der Waals surface area contributed by atoms with Gasteiger partial charge in [-0.2, -0.15) is 0 Å². The molecule has 1 aromatic rings. The summed E-state index contributed by atoms with van der Waals surface area (Å²) in [5.74, 6) is 1.15. The molecule has 17 heavy (non-hydrogen) atoms. The lowest BCUT2D eigenvalue weighted by atomic mass is 10.1. The largest absolute Gasteiger partial charge is 0.393 e. The summed E-state index contributed by atoms with van der Waals surface area (Å²) in [6.45, 7) is 4.61. The topological polar surface area (TPSA) is 58.0 Å². The van der Waals surface area contributed by atoms with Gasteiger partial charge in [0.05, 0.1) is 17.5 Å². The maximum Gasteiger partial charge on any atom is 0.171 e. The molecule has 2 rings (SSSR count). The van der Waals surface area contributed by atoms with Crippen LogP contribution in [0.15, 0.2) is 0 Å². The lowest BCUT2D eigenvalue weighted by molar-refractivity contribution is 0.178. The monoisotopic (exact) mass is 255 g/mol. The number of aliphatic hydroxyl groups is 1. The van der Waals surface area contributed by atoms with Crippen molar-refractivity contribution in [3.8, 4) is 0 Å². The molecule has 5 heteroatoms. The number of anilines is 1. The molecule has 0 amide bonds. The first kappa shape index (κ1) is 12.6. The zero-order chi connectivity index (χ0) is 12.4. The predicted molar refractivity (Wildman–Crippen MR) is 68.4 cm³/mol. The first-order chi connectivity index (χ1) is 8.06. The van der Waals surface area contributed by atoms with Gasteiger partial charge in [0.15, 0.2) is 11.0 Å². The van der Waals surface area contributed by atoms with E-state index in [4.69, 9.17) is 11.6 Å². The summed E-state index contributed by atoms with van der Waals surface area (Å²) >= 11 is 6.03. The molecule has 1 fully saturated rings. The van der Waals surface area contributed by atoms with Crippen molar-refractivity contribution >= 4 is 17.4 Å². The highest BCUT2D eigenvalue weighted by Crippen LogP contribution is 2.26. The lowest BCUT2D eigenvalue weighted by Gasteiger charge is -2.13. The molecule has 0 aliphatic heterocycles. The van der Waals surface area contributed by atoms with Crippen molar-refractivity contribution in [1.29, 1.82) is 0 Å². The van der Waals surface area contributed by atoms with Gasteiger partial charge >= 0.3 is 0 Å². The molecule has 2 unspecified atom stereocenters. The number of nitrogens with zero attached hydrogens (tertiary/aromatic N) is 2. The second-order valence-corrected chi connectivity index (χ2v) is 5.11. The number of aromatic nitrogens is 2. The Hall–Kier alpha value is -0.870. The predicted octanol–water partition coefficient (Wildman–Crippen LogP) is 2.32. The first-order valence-electron chi connectivity index (χ1n) is 5.99. The summed E-state index contributed by atoms with van der Waals surface area (Å²) in [7, 11) is 0. The molecule has 2 atom stereocenters. The Kier molecular flexibility index (Phi) is 3.84. The smallest absolute Gasteiger partial charge is 0.171 e. The van der Waals surface area contributed by atoms with Crippen LogP contribution in [0.3, 0.4) is 0 Å². The van der Waals surface area contributed by atoms with Crippen LogP contribution < -0.4 is 5.32 Å². The minimum absolute atomic E-state index is 0.136. The second-order valence-electron chi connectivity index (χ2n) is 4.75. The molecule has 0 aromatic carbocycles. The zero-order valence-corrected chi connectivity index (χ0v) is 11.0. The molecule has 94 valence electrons. The summed E-state index contributed by atoms with van der Waals surface area (Å²) in [5.41, 5.74) is 1.75. The van der Waals surface area contributed by atoms with Crippen molar-refractivity contribution < 1.29 is 5.11 Å². The van der Waals surface area contributed by atoms with Crippen LogP contribution in [0.5, 0.6) is 0 Å². The molecule has 4 nitrogen and oxygen atoms in total. The maximum atomic E-state index is 9.45. The summed E-state index contributed by atoms with van der Waals surface area (Å²) in [5, 5.41) is 13.1. The van der Waals surface area contributed by atoms with Crippen LogP contribution >= 0.6 is 11.6 Å². The minimum atomic E-state index is -0.136. The van der Waals surface area contributed by atoms with Crippen LogP contribution in [0.4, 0.5) is 5.82 Å². The summed E-state index contributed by atoms with van der Waals surface area (Å²) in [6, 6.07) is 0. The van der Waals surface area contributed by atoms with Gasteiger partial charge < -0.3 is 10.4 Å². The summed E-state index contributed by atoms with van der Waals surface area (Å²) < 4.78 is 0. The average molecular weight is 256 g/mol. The molecule has 1 saturated carbocycles. The fraction of sp³-hybridized carbons (Fsp3) is 0.667. The number of halogens is 1. The van der Waals surface area contributed by atoms with E-state index in [2.05, 4.69) is 15.3 Å². The van der Waals surface area contributed by atoms with Crippen molar-refractivity contribution in [2.45, 2.75) is 39.2 Å². The standard InChI is InChI=1S/C12H18ClN3O/c1-7-8(2)16-12(11(13)15-7)14-6-9-3-4-10(17)5-9/h9-10,17H,3-6H2,1-2H3,(H,14,16). The second kappa shape index (κ2) is 5.19. The lowest BCUT2D eigenvalue weighted by Crippen LogP contribution is -2.14. The molecule has 2 N–H and O–H groups in total. The van der Waals surface area contributed by atoms with Crippen LogP contribution in [0.25, 0.3) is 0 Å². The average Bonchev–Trinajstić information content (AvgIpc) is 2.68. The van der Waals surface area contributed by atoms with E-state index in [9.17, 15) is 5.11 Å². The van der Waals surface area contributed by atoms with E-state index < -0.39 is 0 Å². The molecule has 0 spiro atoms. The summed E-state index contributed by atoms with van der Waals surface area (Å²) in [6.07, 6.45) is 2.69. The van der Waals surface area contributed by atoms with Crippen LogP contribution in [-0.4, -0.2) is 27.7 Å². The van der Waals surface area contributed by atoms with Gasteiger partial charge in [-0.15, -0.1) is 0 Å². The minimum Gasteiger partial charge on any atom is -0.393 e. The van der Waals surface area contributed by atoms with Crippen molar-refractivity contribution in [3.63, 3.8) is 0 Å². The number of hydrogen-bond donors (Lipinski definition) is 2. The molecule has 1 aliphatic carbocycles. The molecule has 0 bridgehead atoms. The van der Waals surface area contributed by atoms with Crippen LogP contribution in [-0.2, 0) is 0 Å². The molecular weight excluding hydrogens is 238 g/mol. The summed E-state index contributed by atoms with van der Waals surface area (Å²) in [4.78, 5) is 8.61. The van der Waals surface area contributed by atoms with E-state index >= 15 is 0 Å². The van der Waals surface area contributed by atoms with Gasteiger partial charge in [0, 0.05) is 6.54 Å². The number of aryl methyl sites for hydroxylation is 2. The molecular formula is C12H18ClN3O. The number of hydrogen-bond acceptors (Lipinski definition) is 4. The molecule has 0 radical (unpaired) electrons. The van der Waals surface area contributed by atoms with Crippen molar-refractivity contribution in [1.82, 2.24) is 9.97 Å². The fourth-order valence-corrected chi connectivity index (χ4v) is 2.40. The van der Waals surface area contributed by atoms with Gasteiger partial charge in [-0.1, -0.05) is 11.6 Å². The van der Waals surface area contributed by atoms with Crippen molar-refractivity contribution in [2.24, 2.45) is 5.92 Å². The van der Waals surface area contributed by atoms with Gasteiger partial charge in [-0.25, -0.2) is 9.97 Å². The normalized spacial score (nSPS) is 24.0. The number of rotatable bonds is 3. The number of nitrogens with one attached hydrogen (secondary N) is 1. The number of aliphatic hydroxyl groups excluding tert-OH is 1. The Morgan fingerprint density at radius 2 is 2.00 bits per heavy atom. The van der Waals surface area contributed by atoms with Gasteiger partial charge in [0.1, 0.15) is 0 Å². The third kappa shape index (κ3) is 3.07. The molecule has 0 saturated heterocycles. The SMILES string of the molecule is Cc1nc(Cl)c(NCC2CCC(O)C2)nc1C. The van der Waals surface area contributed by atoms with Crippen LogP contribution in [0.2, 0.25) is 5.15 Å². The first-order valence-corrected chi connectivity index (χ1v) is 6.36. The Morgan fingerprint density at radius 1 is 1.29 bits per heavy atom. The van der Waals surface area contributed by atoms with Gasteiger partial charge in [-0.05, 0) is 39.0 Å². The van der Waals surface area contributed by atoms with E-state index in [1.54, 1.807) is 0 Å². The highest BCUT2D eigenvalue weighted by atomic mass is 35.5. The molecule has 1 heterocycles. The van der Waals surface area contributed by atoms with Crippen LogP contribution in [0.1, 0.15) is 30.7 Å². The third-order valence-electron chi connectivity index (χ3n) is 3.34. The van der Waals surface area contributed by atoms with Gasteiger partial charge in [-0.3, -0.25) is 0 Å². The van der Waals surface area contributed by atoms with E-state index in [-0.39, 0.29) is 6.10 Å². The van der Waals surface area contributed by atoms with Gasteiger partial charge in [0.2, 0.25) is 0 Å². The molecule has 1 aromatic heterocycles. The Balaban J connectivity index is 1.97. The highest BCUT2D eigenvalue weighted by molar-refractivity contribution is 6.31. The Morgan fingerprint density at radius 3 is 2.65 bits per heavy atom. The highest BCUT2D eigenvalue weighted by Gasteiger charge is 2.22. The van der Waals surface area contributed by atoms with Gasteiger partial charge in [0.25, 0.3) is 0 Å². The van der Waals surface area contributed by atoms with Crippen molar-refractivity contribution in [3.05, 3.63) is 16.5 Å². The Labute approximate surface area is 106 Å². The van der Waals surface area contributed by atoms with Crippen LogP contribution in [0, 0.1) is 19.8 Å². The molecule has 1 aliphatic rings. The van der Waals surface area contributed by atoms with E-state index in [1.807, 2.05) is 13.8 Å². The Bertz CT molecular complexity index is 411. The van der Waals surface area contributed by atoms with E-state index in [0.717, 1.165) is 37.2 Å². The van der Waals surface area contributed by atoms with E-state index in [0.29, 0.717) is 16.9 Å². The van der Waals surface area contributed by atoms with E-state index in [1.165, 1.54) is 0 Å². The van der Waals surface area contributed by atoms with Crippen molar-refractivity contribution in [2.75, 3.05) is 11.9 Å². The zero-order valence-electron chi connectivity index (χ0n) is 10.2. The third-order valence-corrected chi connectivity index (χ3v) is 3.60. The maximum absolute atomic E-state index is 9.45.